The second kappa shape index (κ2) is 15.1. The van der Waals surface area contributed by atoms with Crippen molar-refractivity contribution < 1.29 is 18.5 Å². The average molecular weight is 667 g/mol. The number of rotatable bonds is 12. The van der Waals surface area contributed by atoms with Gasteiger partial charge in [0.2, 0.25) is 0 Å². The fourth-order valence-corrected chi connectivity index (χ4v) is 7.36. The third kappa shape index (κ3) is 8.05. The van der Waals surface area contributed by atoms with Crippen LogP contribution < -0.4 is 9.05 Å². The molecular weight excluding hydrogens is 623 g/mol. The fourth-order valence-electron chi connectivity index (χ4n) is 6.49. The van der Waals surface area contributed by atoms with Gasteiger partial charge in [0.25, 0.3) is 0 Å². The van der Waals surface area contributed by atoms with Crippen molar-refractivity contribution in [3.63, 3.8) is 0 Å². The highest BCUT2D eigenvalue weighted by Crippen LogP contribution is 2.50. The monoisotopic (exact) mass is 666 g/mol. The number of benzene rings is 6. The van der Waals surface area contributed by atoms with Gasteiger partial charge >= 0.3 is 7.82 Å². The molecule has 0 aliphatic carbocycles. The van der Waals surface area contributed by atoms with Gasteiger partial charge in [-0.25, -0.2) is 4.57 Å². The molecule has 0 aliphatic rings. The van der Waals surface area contributed by atoms with Gasteiger partial charge < -0.3 is 9.05 Å². The van der Waals surface area contributed by atoms with Gasteiger partial charge in [-0.3, -0.25) is 4.89 Å². The van der Waals surface area contributed by atoms with E-state index in [2.05, 4.69) is 88.4 Å². The van der Waals surface area contributed by atoms with Gasteiger partial charge in [0.15, 0.2) is 0 Å². The molecule has 248 valence electrons. The minimum atomic E-state index is -4.65. The summed E-state index contributed by atoms with van der Waals surface area (Å²) in [6, 6.07) is 52.6. The van der Waals surface area contributed by atoms with Crippen LogP contribution in [0.15, 0.2) is 158 Å². The molecule has 0 aliphatic heterocycles. The standard InChI is InChI=1S/C44H43O4P/c1-31(35-17-9-5-10-18-35)39-25-27-43(41(29-39)33(3)37-21-13-7-14-22-37)47-49(45,46)48-44-28-26-40(32(2)36-19-11-6-12-20-36)30-42(44)34(4)38-23-15-8-16-24-38/h5-34H,1-4H3,(H,45,46). The first-order chi connectivity index (χ1) is 23.7. The molecule has 4 unspecified atom stereocenters. The van der Waals surface area contributed by atoms with Crippen molar-refractivity contribution in [3.8, 4) is 11.5 Å². The van der Waals surface area contributed by atoms with E-state index in [9.17, 15) is 9.46 Å². The number of hydrogen-bond acceptors (Lipinski definition) is 3. The van der Waals surface area contributed by atoms with Crippen LogP contribution in [-0.2, 0) is 4.57 Å². The summed E-state index contributed by atoms with van der Waals surface area (Å²) in [4.78, 5) is 11.4. The van der Waals surface area contributed by atoms with Crippen LogP contribution in [0.25, 0.3) is 0 Å². The Morgan fingerprint density at radius 1 is 0.408 bits per heavy atom. The van der Waals surface area contributed by atoms with Crippen molar-refractivity contribution in [3.05, 3.63) is 202 Å². The van der Waals surface area contributed by atoms with Crippen LogP contribution in [0.2, 0.25) is 0 Å². The van der Waals surface area contributed by atoms with Crippen molar-refractivity contribution in [1.29, 1.82) is 0 Å². The predicted molar refractivity (Wildman–Crippen MR) is 200 cm³/mol. The minimum absolute atomic E-state index is 0.105. The Labute approximate surface area is 290 Å². The Morgan fingerprint density at radius 3 is 1.00 bits per heavy atom. The van der Waals surface area contributed by atoms with Crippen LogP contribution in [-0.4, -0.2) is 4.89 Å². The van der Waals surface area contributed by atoms with Crippen molar-refractivity contribution >= 4 is 7.82 Å². The van der Waals surface area contributed by atoms with Crippen LogP contribution in [0.4, 0.5) is 0 Å². The van der Waals surface area contributed by atoms with Gasteiger partial charge in [-0.15, -0.1) is 0 Å². The predicted octanol–water partition coefficient (Wildman–Crippen LogP) is 11.9. The van der Waals surface area contributed by atoms with E-state index in [1.165, 1.54) is 11.1 Å². The Balaban J connectivity index is 1.35. The van der Waals surface area contributed by atoms with Crippen molar-refractivity contribution in [2.75, 3.05) is 0 Å². The van der Waals surface area contributed by atoms with Gasteiger partial charge in [-0.05, 0) is 45.5 Å². The lowest BCUT2D eigenvalue weighted by atomic mass is 9.87. The molecule has 4 nitrogen and oxygen atoms in total. The van der Waals surface area contributed by atoms with Gasteiger partial charge in [-0.1, -0.05) is 173 Å². The molecule has 4 atom stereocenters. The van der Waals surface area contributed by atoms with Gasteiger partial charge in [0, 0.05) is 34.8 Å². The number of hydrogen-bond donors (Lipinski definition) is 1. The SMILES string of the molecule is CC(c1ccccc1)c1ccc(OP(=O)(O)Oc2ccc(C(C)c3ccccc3)cc2C(C)c2ccccc2)c(C(C)c2ccccc2)c1. The summed E-state index contributed by atoms with van der Waals surface area (Å²) >= 11 is 0. The molecule has 0 heterocycles. The molecule has 0 spiro atoms. The third-order valence-corrected chi connectivity index (χ3v) is 10.5. The maximum atomic E-state index is 14.0. The summed E-state index contributed by atoms with van der Waals surface area (Å²) in [7, 11) is -4.65. The van der Waals surface area contributed by atoms with Crippen LogP contribution in [0.1, 0.15) is 95.9 Å². The first kappa shape index (κ1) is 34.0. The van der Waals surface area contributed by atoms with Crippen LogP contribution >= 0.6 is 7.82 Å². The molecule has 0 aromatic heterocycles. The molecule has 6 aromatic rings. The third-order valence-electron chi connectivity index (χ3n) is 9.63. The van der Waals surface area contributed by atoms with Crippen LogP contribution in [0.3, 0.4) is 0 Å². The minimum Gasteiger partial charge on any atom is -0.395 e. The second-order valence-electron chi connectivity index (χ2n) is 12.8. The van der Waals surface area contributed by atoms with E-state index < -0.39 is 7.82 Å². The first-order valence-corrected chi connectivity index (χ1v) is 18.4. The quantitative estimate of drug-likeness (QED) is 0.132. The maximum absolute atomic E-state index is 14.0. The van der Waals surface area contributed by atoms with E-state index in [4.69, 9.17) is 9.05 Å². The van der Waals surface area contributed by atoms with Crippen molar-refractivity contribution in [2.24, 2.45) is 0 Å². The van der Waals surface area contributed by atoms with E-state index in [0.29, 0.717) is 11.5 Å². The molecular formula is C44H43O4P. The molecule has 0 bridgehead atoms. The zero-order valence-corrected chi connectivity index (χ0v) is 29.3. The number of phosphoric acid groups is 1. The van der Waals surface area contributed by atoms with Crippen LogP contribution in [0, 0.1) is 0 Å². The summed E-state index contributed by atoms with van der Waals surface area (Å²) in [6.07, 6.45) is 0. The zero-order chi connectivity index (χ0) is 34.4. The Morgan fingerprint density at radius 2 is 0.694 bits per heavy atom. The number of phosphoric ester groups is 1. The van der Waals surface area contributed by atoms with E-state index in [1.54, 1.807) is 12.1 Å². The van der Waals surface area contributed by atoms with Crippen LogP contribution in [0.5, 0.6) is 11.5 Å². The highest BCUT2D eigenvalue weighted by molar-refractivity contribution is 7.48. The normalized spacial score (nSPS) is 15.0. The largest absolute Gasteiger partial charge is 0.584 e. The summed E-state index contributed by atoms with van der Waals surface area (Å²) < 4.78 is 26.0. The second-order valence-corrected chi connectivity index (χ2v) is 14.1. The van der Waals surface area contributed by atoms with E-state index >= 15 is 0 Å². The molecule has 0 radical (unpaired) electrons. The highest BCUT2D eigenvalue weighted by atomic mass is 31.2. The van der Waals surface area contributed by atoms with E-state index in [-0.39, 0.29) is 23.7 Å². The molecule has 49 heavy (non-hydrogen) atoms. The lowest BCUT2D eigenvalue weighted by molar-refractivity contribution is 0.288. The average Bonchev–Trinajstić information content (AvgIpc) is 3.15. The van der Waals surface area contributed by atoms with Crippen molar-refractivity contribution in [1.82, 2.24) is 0 Å². The molecule has 1 N–H and O–H groups in total. The maximum Gasteiger partial charge on any atom is 0.584 e. The lowest BCUT2D eigenvalue weighted by Gasteiger charge is -2.24. The molecule has 6 aromatic carbocycles. The summed E-state index contributed by atoms with van der Waals surface area (Å²) in [5, 5.41) is 0. The Bertz CT molecular complexity index is 1870. The highest BCUT2D eigenvalue weighted by Gasteiger charge is 2.30. The molecule has 6 rings (SSSR count). The summed E-state index contributed by atoms with van der Waals surface area (Å²) in [5.74, 6) is 0.662. The molecule has 0 saturated heterocycles. The molecule has 0 saturated carbocycles. The summed E-state index contributed by atoms with van der Waals surface area (Å²) in [5.41, 5.74) is 8.34. The first-order valence-electron chi connectivity index (χ1n) is 16.9. The van der Waals surface area contributed by atoms with Gasteiger partial charge in [0.05, 0.1) is 0 Å². The van der Waals surface area contributed by atoms with E-state index in [1.807, 2.05) is 84.9 Å². The van der Waals surface area contributed by atoms with Gasteiger partial charge in [-0.2, -0.15) is 0 Å². The fraction of sp³-hybridized carbons (Fsp3) is 0.182. The molecule has 5 heteroatoms. The smallest absolute Gasteiger partial charge is 0.395 e. The Hall–Kier alpha value is -4.89. The van der Waals surface area contributed by atoms with Crippen molar-refractivity contribution in [2.45, 2.75) is 51.4 Å². The topological polar surface area (TPSA) is 55.8 Å². The summed E-state index contributed by atoms with van der Waals surface area (Å²) in [6.45, 7) is 8.51. The Kier molecular flexibility index (Phi) is 10.5. The zero-order valence-electron chi connectivity index (χ0n) is 28.4. The van der Waals surface area contributed by atoms with E-state index in [0.717, 1.165) is 33.4 Å². The molecule has 0 amide bonds. The molecule has 0 fully saturated rings. The van der Waals surface area contributed by atoms with Gasteiger partial charge in [0.1, 0.15) is 11.5 Å². The lowest BCUT2D eigenvalue weighted by Crippen LogP contribution is -2.08.